The van der Waals surface area contributed by atoms with Gasteiger partial charge in [-0.1, -0.05) is 31.9 Å². The Labute approximate surface area is 141 Å². The number of nitrogens with zero attached hydrogens (tertiary/aromatic N) is 1. The van der Waals surface area contributed by atoms with Crippen molar-refractivity contribution >= 4 is 12.0 Å². The lowest BCUT2D eigenvalue weighted by Gasteiger charge is -2.28. The van der Waals surface area contributed by atoms with Crippen LogP contribution in [0.5, 0.6) is 0 Å². The van der Waals surface area contributed by atoms with Gasteiger partial charge in [0.05, 0.1) is 12.0 Å². The number of nitrogens with one attached hydrogen (secondary N) is 1. The van der Waals surface area contributed by atoms with Crippen molar-refractivity contribution in [1.29, 1.82) is 0 Å². The van der Waals surface area contributed by atoms with Crippen LogP contribution in [-0.4, -0.2) is 35.6 Å². The molecule has 2 atom stereocenters. The maximum atomic E-state index is 13.6. The normalized spacial score (nSPS) is 17.3. The van der Waals surface area contributed by atoms with E-state index in [1.54, 1.807) is 20.0 Å². The predicted molar refractivity (Wildman–Crippen MR) is 89.1 cm³/mol. The zero-order chi connectivity index (χ0) is 17.7. The highest BCUT2D eigenvalue weighted by molar-refractivity contribution is 5.76. The van der Waals surface area contributed by atoms with Crippen molar-refractivity contribution in [2.45, 2.75) is 38.6 Å². The number of halogens is 1. The predicted octanol–water partition coefficient (Wildman–Crippen LogP) is 3.42. The minimum atomic E-state index is -0.938. The number of aliphatic carboxylic acids is 1. The summed E-state index contributed by atoms with van der Waals surface area (Å²) in [5.74, 6) is -1.62. The molecule has 132 valence electrons. The van der Waals surface area contributed by atoms with Crippen molar-refractivity contribution in [2.24, 2.45) is 11.8 Å². The van der Waals surface area contributed by atoms with Crippen molar-refractivity contribution in [2.75, 3.05) is 13.6 Å². The molecule has 0 aliphatic heterocycles. The van der Waals surface area contributed by atoms with Crippen LogP contribution >= 0.6 is 0 Å². The summed E-state index contributed by atoms with van der Waals surface area (Å²) in [5.41, 5.74) is 0.759. The molecular formula is C18H25FN2O3. The number of carbonyl (C=O) groups excluding carboxylic acids is 1. The van der Waals surface area contributed by atoms with Gasteiger partial charge in [0.15, 0.2) is 0 Å². The fourth-order valence-electron chi connectivity index (χ4n) is 3.28. The van der Waals surface area contributed by atoms with Crippen molar-refractivity contribution in [3.05, 3.63) is 35.6 Å². The van der Waals surface area contributed by atoms with Gasteiger partial charge in [-0.25, -0.2) is 9.18 Å². The molecule has 24 heavy (non-hydrogen) atoms. The van der Waals surface area contributed by atoms with Gasteiger partial charge in [-0.3, -0.25) is 4.79 Å². The van der Waals surface area contributed by atoms with E-state index in [2.05, 4.69) is 5.32 Å². The third-order valence-corrected chi connectivity index (χ3v) is 4.67. The SMILES string of the molecule is CC(CN(C)C(=O)NC(c1cccc(F)c1)C1CCCC1)C(=O)O. The summed E-state index contributed by atoms with van der Waals surface area (Å²) >= 11 is 0. The molecule has 2 amide bonds. The van der Waals surface area contributed by atoms with Gasteiger partial charge in [0.1, 0.15) is 5.82 Å². The largest absolute Gasteiger partial charge is 0.481 e. The molecule has 0 saturated heterocycles. The fraction of sp³-hybridized carbons (Fsp3) is 0.556. The Kier molecular flexibility index (Phi) is 6.17. The number of hydrogen-bond donors (Lipinski definition) is 2. The van der Waals surface area contributed by atoms with Crippen molar-refractivity contribution in [3.8, 4) is 0 Å². The Bertz CT molecular complexity index is 587. The van der Waals surface area contributed by atoms with Crippen LogP contribution in [0.4, 0.5) is 9.18 Å². The highest BCUT2D eigenvalue weighted by Crippen LogP contribution is 2.36. The fourth-order valence-corrected chi connectivity index (χ4v) is 3.28. The second-order valence-corrected chi connectivity index (χ2v) is 6.65. The summed E-state index contributed by atoms with van der Waals surface area (Å²) < 4.78 is 13.6. The molecule has 6 heteroatoms. The van der Waals surface area contributed by atoms with Gasteiger partial charge in [-0.15, -0.1) is 0 Å². The van der Waals surface area contributed by atoms with Crippen LogP contribution in [0.2, 0.25) is 0 Å². The average Bonchev–Trinajstić information content (AvgIpc) is 3.06. The molecular weight excluding hydrogens is 311 g/mol. The third-order valence-electron chi connectivity index (χ3n) is 4.67. The summed E-state index contributed by atoms with van der Waals surface area (Å²) in [7, 11) is 1.58. The van der Waals surface area contributed by atoms with Crippen LogP contribution < -0.4 is 5.32 Å². The first-order valence-corrected chi connectivity index (χ1v) is 8.38. The molecule has 1 aliphatic rings. The Morgan fingerprint density at radius 2 is 2.04 bits per heavy atom. The van der Waals surface area contributed by atoms with Gasteiger partial charge in [0, 0.05) is 13.6 Å². The lowest BCUT2D eigenvalue weighted by atomic mass is 9.91. The maximum absolute atomic E-state index is 13.6. The van der Waals surface area contributed by atoms with E-state index in [1.165, 1.54) is 17.0 Å². The molecule has 1 aromatic carbocycles. The molecule has 1 saturated carbocycles. The first-order valence-electron chi connectivity index (χ1n) is 8.38. The topological polar surface area (TPSA) is 69.6 Å². The minimum absolute atomic E-state index is 0.127. The molecule has 0 heterocycles. The van der Waals surface area contributed by atoms with Crippen molar-refractivity contribution in [3.63, 3.8) is 0 Å². The molecule has 1 fully saturated rings. The number of carboxylic acids is 1. The molecule has 2 rings (SSSR count). The van der Waals surface area contributed by atoms with Gasteiger partial charge < -0.3 is 15.3 Å². The third kappa shape index (κ3) is 4.69. The Hall–Kier alpha value is -2.11. The number of carbonyl (C=O) groups is 2. The summed E-state index contributed by atoms with van der Waals surface area (Å²) in [4.78, 5) is 24.8. The van der Waals surface area contributed by atoms with Crippen LogP contribution in [0.3, 0.4) is 0 Å². The molecule has 5 nitrogen and oxygen atoms in total. The molecule has 1 aliphatic carbocycles. The number of rotatable bonds is 6. The molecule has 1 aromatic rings. The Balaban J connectivity index is 2.10. The summed E-state index contributed by atoms with van der Waals surface area (Å²) in [6.07, 6.45) is 4.21. The van der Waals surface area contributed by atoms with E-state index in [-0.39, 0.29) is 30.4 Å². The number of urea groups is 1. The zero-order valence-electron chi connectivity index (χ0n) is 14.2. The van der Waals surface area contributed by atoms with Crippen LogP contribution in [0.25, 0.3) is 0 Å². The second kappa shape index (κ2) is 8.13. The summed E-state index contributed by atoms with van der Waals surface area (Å²) in [6, 6.07) is 5.74. The number of benzene rings is 1. The average molecular weight is 336 g/mol. The molecule has 0 bridgehead atoms. The first-order chi connectivity index (χ1) is 11.4. The molecule has 2 unspecified atom stereocenters. The zero-order valence-corrected chi connectivity index (χ0v) is 14.2. The number of hydrogen-bond acceptors (Lipinski definition) is 2. The lowest BCUT2D eigenvalue weighted by Crippen LogP contribution is -2.43. The highest BCUT2D eigenvalue weighted by Gasteiger charge is 2.29. The number of amides is 2. The summed E-state index contributed by atoms with van der Waals surface area (Å²) in [5, 5.41) is 11.9. The molecule has 0 spiro atoms. The van der Waals surface area contributed by atoms with E-state index >= 15 is 0 Å². The quantitative estimate of drug-likeness (QED) is 0.836. The Morgan fingerprint density at radius 3 is 2.62 bits per heavy atom. The molecule has 2 N–H and O–H groups in total. The van der Waals surface area contributed by atoms with E-state index in [1.807, 2.05) is 6.07 Å². The van der Waals surface area contributed by atoms with E-state index in [4.69, 9.17) is 5.11 Å². The molecule has 0 aromatic heterocycles. The van der Waals surface area contributed by atoms with Crippen LogP contribution in [-0.2, 0) is 4.79 Å². The van der Waals surface area contributed by atoms with E-state index in [0.29, 0.717) is 0 Å². The van der Waals surface area contributed by atoms with Gasteiger partial charge >= 0.3 is 12.0 Å². The van der Waals surface area contributed by atoms with Crippen LogP contribution in [0.1, 0.15) is 44.2 Å². The minimum Gasteiger partial charge on any atom is -0.481 e. The monoisotopic (exact) mass is 336 g/mol. The smallest absolute Gasteiger partial charge is 0.317 e. The van der Waals surface area contributed by atoms with Crippen LogP contribution in [0, 0.1) is 17.7 Å². The van der Waals surface area contributed by atoms with Gasteiger partial charge in [0.25, 0.3) is 0 Å². The standard InChI is InChI=1S/C18H25FN2O3/c1-12(17(22)23)11-21(2)18(24)20-16(13-6-3-4-7-13)14-8-5-9-15(19)10-14/h5,8-10,12-13,16H,3-4,6-7,11H2,1-2H3,(H,20,24)(H,22,23). The lowest BCUT2D eigenvalue weighted by molar-refractivity contribution is -0.141. The van der Waals surface area contributed by atoms with Crippen molar-refractivity contribution < 1.29 is 19.1 Å². The first kappa shape index (κ1) is 18.2. The van der Waals surface area contributed by atoms with Gasteiger partial charge in [-0.05, 0) is 36.5 Å². The second-order valence-electron chi connectivity index (χ2n) is 6.65. The summed E-state index contributed by atoms with van der Waals surface area (Å²) in [6.45, 7) is 1.69. The van der Waals surface area contributed by atoms with Crippen molar-refractivity contribution in [1.82, 2.24) is 10.2 Å². The van der Waals surface area contributed by atoms with Gasteiger partial charge in [-0.2, -0.15) is 0 Å². The number of carboxylic acid groups (broad SMARTS) is 1. The molecule has 0 radical (unpaired) electrons. The van der Waals surface area contributed by atoms with E-state index in [9.17, 15) is 14.0 Å². The maximum Gasteiger partial charge on any atom is 0.317 e. The van der Waals surface area contributed by atoms with Gasteiger partial charge in [0.2, 0.25) is 0 Å². The Morgan fingerprint density at radius 1 is 1.38 bits per heavy atom. The van der Waals surface area contributed by atoms with E-state index in [0.717, 1.165) is 31.2 Å². The van der Waals surface area contributed by atoms with Crippen LogP contribution in [0.15, 0.2) is 24.3 Å². The highest BCUT2D eigenvalue weighted by atomic mass is 19.1. The van der Waals surface area contributed by atoms with E-state index < -0.39 is 11.9 Å².